The molecule has 0 fully saturated rings. The molecule has 0 radical (unpaired) electrons. The molecule has 8 nitrogen and oxygen atoms in total. The minimum absolute atomic E-state index is 0.0681. The minimum Gasteiger partial charge on any atom is -0.872 e. The molecule has 0 heterocycles. The summed E-state index contributed by atoms with van der Waals surface area (Å²) in [4.78, 5) is 8.75. The van der Waals surface area contributed by atoms with E-state index in [1.54, 1.807) is 26.6 Å². The zero-order valence-electron chi connectivity index (χ0n) is 20.6. The van der Waals surface area contributed by atoms with Gasteiger partial charge in [0.2, 0.25) is 0 Å². The lowest BCUT2D eigenvalue weighted by molar-refractivity contribution is -0.269. The van der Waals surface area contributed by atoms with E-state index >= 15 is 0 Å². The molecule has 2 N–H and O–H groups in total. The summed E-state index contributed by atoms with van der Waals surface area (Å²) < 4.78 is 10.2. The fourth-order valence-electron chi connectivity index (χ4n) is 3.36. The van der Waals surface area contributed by atoms with Crippen LogP contribution in [0.4, 0.5) is 0 Å². The normalized spacial score (nSPS) is 11.5. The number of ether oxygens (including phenoxy) is 2. The molecule has 0 saturated heterocycles. The summed E-state index contributed by atoms with van der Waals surface area (Å²) in [6, 6.07) is 6.65. The summed E-state index contributed by atoms with van der Waals surface area (Å²) in [5.41, 5.74) is 2.98. The molecule has 0 spiro atoms. The van der Waals surface area contributed by atoms with Crippen LogP contribution in [0.3, 0.4) is 0 Å². The lowest BCUT2D eigenvalue weighted by Crippen LogP contribution is -2.29. The Morgan fingerprint density at radius 2 is 1.12 bits per heavy atom. The van der Waals surface area contributed by atoms with Gasteiger partial charge in [0.05, 0.1) is 14.2 Å². The molecule has 0 aliphatic heterocycles. The predicted octanol–water partition coefficient (Wildman–Crippen LogP) is 1.97. The van der Waals surface area contributed by atoms with Crippen LogP contribution in [0.5, 0.6) is 23.0 Å². The first-order chi connectivity index (χ1) is 16.5. The van der Waals surface area contributed by atoms with Crippen LogP contribution in [0.2, 0.25) is 0 Å². The van der Waals surface area contributed by atoms with Crippen LogP contribution in [-0.4, -0.2) is 65.9 Å². The molecule has 186 valence electrons. The summed E-state index contributed by atoms with van der Waals surface area (Å²) in [5, 5.41) is 30.9. The number of hydrogen-bond donors (Lipinski definition) is 2. The van der Waals surface area contributed by atoms with Gasteiger partial charge in [0, 0.05) is 38.6 Å². The number of nitrogens with one attached hydrogen (secondary N) is 2. The summed E-state index contributed by atoms with van der Waals surface area (Å²) in [5.74, 6) is 1.02. The van der Waals surface area contributed by atoms with E-state index in [9.17, 15) is 10.2 Å². The Bertz CT molecular complexity index is 836. The number of methoxy groups -OCH3 is 2. The van der Waals surface area contributed by atoms with Crippen molar-refractivity contribution in [2.45, 2.75) is 26.7 Å². The second-order valence-electron chi connectivity index (χ2n) is 7.99. The molecule has 0 aliphatic carbocycles. The highest BCUT2D eigenvalue weighted by atomic mass is 16.5. The number of benzene rings is 2. The molecular formula is C26H36N4O4-2. The van der Waals surface area contributed by atoms with Crippen molar-refractivity contribution in [1.82, 2.24) is 10.6 Å². The Morgan fingerprint density at radius 3 is 1.47 bits per heavy atom. The number of aliphatic imine (C=N–C) groups is 2. The van der Waals surface area contributed by atoms with E-state index in [0.29, 0.717) is 35.7 Å². The van der Waals surface area contributed by atoms with Crippen molar-refractivity contribution in [1.29, 1.82) is 0 Å². The second-order valence-corrected chi connectivity index (χ2v) is 7.99. The highest BCUT2D eigenvalue weighted by Crippen LogP contribution is 2.24. The molecular weight excluding hydrogens is 432 g/mol. The SMILES string of the molecule is COc1cc(C)c(C=NCCCNCCNCCCN=Cc2c(C)cc(OC)cc2[O-])c([O-])c1. The largest absolute Gasteiger partial charge is 0.872 e. The smallest absolute Gasteiger partial charge is 0.118 e. The van der Waals surface area contributed by atoms with Crippen molar-refractivity contribution in [3.05, 3.63) is 46.5 Å². The van der Waals surface area contributed by atoms with Crippen molar-refractivity contribution in [3.63, 3.8) is 0 Å². The van der Waals surface area contributed by atoms with Crippen LogP contribution in [0.1, 0.15) is 35.1 Å². The number of aryl methyl sites for hydroxylation is 2. The van der Waals surface area contributed by atoms with Crippen molar-refractivity contribution in [2.75, 3.05) is 53.5 Å². The van der Waals surface area contributed by atoms with Gasteiger partial charge >= 0.3 is 0 Å². The summed E-state index contributed by atoms with van der Waals surface area (Å²) in [7, 11) is 3.10. The lowest BCUT2D eigenvalue weighted by atomic mass is 10.1. The molecule has 0 bridgehead atoms. The highest BCUT2D eigenvalue weighted by Gasteiger charge is 2.01. The monoisotopic (exact) mass is 468 g/mol. The van der Waals surface area contributed by atoms with Crippen LogP contribution in [0.25, 0.3) is 0 Å². The summed E-state index contributed by atoms with van der Waals surface area (Å²) >= 11 is 0. The van der Waals surface area contributed by atoms with Crippen molar-refractivity contribution in [3.8, 4) is 23.0 Å². The third-order valence-electron chi connectivity index (χ3n) is 5.32. The lowest BCUT2D eigenvalue weighted by Gasteiger charge is -2.14. The highest BCUT2D eigenvalue weighted by molar-refractivity contribution is 5.86. The second kappa shape index (κ2) is 14.9. The Kier molecular flexibility index (Phi) is 11.9. The maximum Gasteiger partial charge on any atom is 0.118 e. The van der Waals surface area contributed by atoms with Crippen LogP contribution < -0.4 is 30.3 Å². The van der Waals surface area contributed by atoms with Crippen molar-refractivity contribution in [2.24, 2.45) is 9.98 Å². The van der Waals surface area contributed by atoms with Crippen molar-refractivity contribution < 1.29 is 19.7 Å². The first-order valence-corrected chi connectivity index (χ1v) is 11.6. The Hall–Kier alpha value is -3.10. The van der Waals surface area contributed by atoms with Gasteiger partial charge in [0.15, 0.2) is 0 Å². The Labute approximate surface area is 202 Å². The molecule has 0 aliphatic rings. The average Bonchev–Trinajstić information content (AvgIpc) is 2.81. The maximum atomic E-state index is 12.1. The van der Waals surface area contributed by atoms with Gasteiger partial charge < -0.3 is 30.3 Å². The van der Waals surface area contributed by atoms with Crippen LogP contribution in [-0.2, 0) is 0 Å². The quantitative estimate of drug-likeness (QED) is 0.305. The molecule has 0 aromatic heterocycles. The zero-order valence-corrected chi connectivity index (χ0v) is 20.6. The number of hydrogen-bond acceptors (Lipinski definition) is 8. The minimum atomic E-state index is -0.0681. The molecule has 8 heteroatoms. The third-order valence-corrected chi connectivity index (χ3v) is 5.32. The molecule has 34 heavy (non-hydrogen) atoms. The van der Waals surface area contributed by atoms with Crippen LogP contribution in [0.15, 0.2) is 34.3 Å². The standard InChI is InChI=1S/C26H38N4O4/c1-19-13-21(33-3)15-25(31)23(19)17-29-9-5-7-27-11-12-28-8-6-10-30-18-24-20(2)14-22(34-4)16-26(24)32/h13-18,27-28,31-32H,5-12H2,1-4H3/p-2. The maximum absolute atomic E-state index is 12.1. The van der Waals surface area contributed by atoms with E-state index in [1.165, 1.54) is 12.1 Å². The van der Waals surface area contributed by atoms with Gasteiger partial charge in [-0.3, -0.25) is 9.98 Å². The Balaban J connectivity index is 1.51. The molecule has 2 aromatic carbocycles. The van der Waals surface area contributed by atoms with E-state index < -0.39 is 0 Å². The van der Waals surface area contributed by atoms with Gasteiger partial charge in [-0.25, -0.2) is 0 Å². The summed E-state index contributed by atoms with van der Waals surface area (Å²) in [6.07, 6.45) is 5.13. The van der Waals surface area contributed by atoms with Crippen molar-refractivity contribution >= 4 is 12.4 Å². The first kappa shape index (κ1) is 27.1. The van der Waals surface area contributed by atoms with E-state index in [-0.39, 0.29) is 11.5 Å². The Morgan fingerprint density at radius 1 is 0.706 bits per heavy atom. The molecule has 2 aromatic rings. The van der Waals surface area contributed by atoms with E-state index in [2.05, 4.69) is 20.6 Å². The molecule has 2 rings (SSSR count). The van der Waals surface area contributed by atoms with E-state index in [1.807, 2.05) is 26.0 Å². The first-order valence-electron chi connectivity index (χ1n) is 11.6. The predicted molar refractivity (Wildman–Crippen MR) is 134 cm³/mol. The average molecular weight is 469 g/mol. The molecule has 0 saturated carbocycles. The van der Waals surface area contributed by atoms with Crippen LogP contribution >= 0.6 is 0 Å². The third kappa shape index (κ3) is 9.03. The number of rotatable bonds is 15. The summed E-state index contributed by atoms with van der Waals surface area (Å²) in [6.45, 7) is 8.60. The van der Waals surface area contributed by atoms with Gasteiger partial charge in [-0.2, -0.15) is 0 Å². The molecule has 0 unspecified atom stereocenters. The van der Waals surface area contributed by atoms with Gasteiger partial charge in [0.1, 0.15) is 11.5 Å². The topological polar surface area (TPSA) is 113 Å². The fraction of sp³-hybridized carbons (Fsp3) is 0.462. The molecule has 0 amide bonds. The van der Waals surface area contributed by atoms with E-state index in [0.717, 1.165) is 50.1 Å². The zero-order chi connectivity index (χ0) is 24.8. The van der Waals surface area contributed by atoms with Crippen LogP contribution in [0, 0.1) is 13.8 Å². The number of nitrogens with zero attached hydrogens (tertiary/aromatic N) is 2. The van der Waals surface area contributed by atoms with Gasteiger partial charge in [-0.1, -0.05) is 11.5 Å². The fourth-order valence-corrected chi connectivity index (χ4v) is 3.36. The van der Waals surface area contributed by atoms with Gasteiger partial charge in [0.25, 0.3) is 0 Å². The molecule has 0 atom stereocenters. The van der Waals surface area contributed by atoms with E-state index in [4.69, 9.17) is 9.47 Å². The van der Waals surface area contributed by atoms with Gasteiger partial charge in [-0.15, -0.1) is 0 Å². The van der Waals surface area contributed by atoms with Gasteiger partial charge in [-0.05, 0) is 86.3 Å².